The summed E-state index contributed by atoms with van der Waals surface area (Å²) in [5.41, 5.74) is 2.29. The van der Waals surface area contributed by atoms with Crippen molar-refractivity contribution in [2.75, 3.05) is 31.6 Å². The number of hydrogen-bond donors (Lipinski definition) is 1. The molecule has 1 aliphatic heterocycles. The number of amides is 1. The van der Waals surface area contributed by atoms with Gasteiger partial charge in [0.15, 0.2) is 5.58 Å². The first-order chi connectivity index (χ1) is 13.6. The van der Waals surface area contributed by atoms with Gasteiger partial charge in [-0.2, -0.15) is 4.98 Å². The number of aromatic nitrogens is 1. The molecule has 3 aromatic rings. The van der Waals surface area contributed by atoms with Crippen molar-refractivity contribution in [2.24, 2.45) is 5.92 Å². The minimum atomic E-state index is -0.0906. The van der Waals surface area contributed by atoms with E-state index < -0.39 is 0 Å². The van der Waals surface area contributed by atoms with Gasteiger partial charge in [-0.25, -0.2) is 0 Å². The van der Waals surface area contributed by atoms with Crippen LogP contribution in [0.25, 0.3) is 11.1 Å². The highest BCUT2D eigenvalue weighted by molar-refractivity contribution is 9.10. The Labute approximate surface area is 172 Å². The fourth-order valence-electron chi connectivity index (χ4n) is 3.46. The number of oxazole rings is 1. The number of nitrogens with one attached hydrogen (secondary N) is 1. The van der Waals surface area contributed by atoms with Crippen molar-refractivity contribution < 1.29 is 13.9 Å². The Balaban J connectivity index is 1.31. The Hall–Kier alpha value is -2.54. The van der Waals surface area contributed by atoms with Gasteiger partial charge in [0.1, 0.15) is 11.3 Å². The highest BCUT2D eigenvalue weighted by atomic mass is 79.9. The maximum atomic E-state index is 12.5. The summed E-state index contributed by atoms with van der Waals surface area (Å²) in [7, 11) is 1.59. The van der Waals surface area contributed by atoms with Crippen LogP contribution in [0.2, 0.25) is 0 Å². The number of anilines is 1. The van der Waals surface area contributed by atoms with Crippen molar-refractivity contribution >= 4 is 39.0 Å². The lowest BCUT2D eigenvalue weighted by Crippen LogP contribution is -2.38. The number of hydrogen-bond acceptors (Lipinski definition) is 5. The topological polar surface area (TPSA) is 67.6 Å². The molecule has 1 aromatic heterocycles. The summed E-state index contributed by atoms with van der Waals surface area (Å²) in [4.78, 5) is 19.3. The van der Waals surface area contributed by atoms with Crippen LogP contribution in [-0.4, -0.2) is 37.6 Å². The van der Waals surface area contributed by atoms with Crippen molar-refractivity contribution in [3.05, 3.63) is 52.5 Å². The van der Waals surface area contributed by atoms with Crippen LogP contribution in [0.1, 0.15) is 23.2 Å². The molecular formula is C21H22BrN3O3. The summed E-state index contributed by atoms with van der Waals surface area (Å²) in [5.74, 6) is 1.01. The quantitative estimate of drug-likeness (QED) is 0.638. The largest absolute Gasteiger partial charge is 0.497 e. The molecule has 146 valence electrons. The van der Waals surface area contributed by atoms with E-state index >= 15 is 0 Å². The van der Waals surface area contributed by atoms with E-state index in [1.165, 1.54) is 0 Å². The number of methoxy groups -OCH3 is 1. The third kappa shape index (κ3) is 3.99. The number of halogens is 1. The van der Waals surface area contributed by atoms with E-state index in [0.717, 1.165) is 41.5 Å². The smallest absolute Gasteiger partial charge is 0.298 e. The fourth-order valence-corrected chi connectivity index (χ4v) is 3.89. The molecule has 1 amide bonds. The van der Waals surface area contributed by atoms with Crippen molar-refractivity contribution in [1.29, 1.82) is 0 Å². The zero-order valence-electron chi connectivity index (χ0n) is 15.7. The number of carbonyl (C=O) groups excluding carboxylic acids is 1. The monoisotopic (exact) mass is 443 g/mol. The zero-order valence-corrected chi connectivity index (χ0v) is 17.2. The second kappa shape index (κ2) is 8.22. The molecule has 1 saturated heterocycles. The molecule has 7 heteroatoms. The zero-order chi connectivity index (χ0) is 19.5. The van der Waals surface area contributed by atoms with Crippen LogP contribution in [0, 0.1) is 5.92 Å². The number of carbonyl (C=O) groups is 1. The molecule has 2 heterocycles. The molecule has 1 N–H and O–H groups in total. The van der Waals surface area contributed by atoms with E-state index in [4.69, 9.17) is 9.15 Å². The Morgan fingerprint density at radius 3 is 2.82 bits per heavy atom. The second-order valence-corrected chi connectivity index (χ2v) is 7.80. The first kappa shape index (κ1) is 18.8. The molecule has 1 fully saturated rings. The predicted molar refractivity (Wildman–Crippen MR) is 112 cm³/mol. The Morgan fingerprint density at radius 2 is 2.07 bits per heavy atom. The molecule has 4 rings (SSSR count). The third-order valence-electron chi connectivity index (χ3n) is 5.14. The standard InChI is InChI=1S/C21H22BrN3O3/c1-27-15-6-7-17(22)16(12-15)20(26)23-13-14-8-10-25(11-9-14)21-24-18-4-2-3-5-19(18)28-21/h2-7,12,14H,8-11,13H2,1H3,(H,23,26). The lowest BCUT2D eigenvalue weighted by molar-refractivity contribution is 0.0943. The van der Waals surface area contributed by atoms with Crippen LogP contribution < -0.4 is 15.0 Å². The summed E-state index contributed by atoms with van der Waals surface area (Å²) in [5, 5.41) is 3.05. The van der Waals surface area contributed by atoms with Gasteiger partial charge in [0.25, 0.3) is 11.9 Å². The normalized spacial score (nSPS) is 15.0. The van der Waals surface area contributed by atoms with Crippen LogP contribution in [-0.2, 0) is 0 Å². The molecule has 28 heavy (non-hydrogen) atoms. The first-order valence-corrected chi connectivity index (χ1v) is 10.2. The Morgan fingerprint density at radius 1 is 1.29 bits per heavy atom. The van der Waals surface area contributed by atoms with E-state index in [1.807, 2.05) is 36.4 Å². The lowest BCUT2D eigenvalue weighted by Gasteiger charge is -2.30. The summed E-state index contributed by atoms with van der Waals surface area (Å²) in [6, 6.07) is 13.9. The van der Waals surface area contributed by atoms with E-state index in [1.54, 1.807) is 13.2 Å². The van der Waals surface area contributed by atoms with Gasteiger partial charge in [-0.3, -0.25) is 4.79 Å². The van der Waals surface area contributed by atoms with E-state index in [0.29, 0.717) is 29.8 Å². The van der Waals surface area contributed by atoms with Gasteiger partial charge in [-0.05, 0) is 65.0 Å². The van der Waals surface area contributed by atoms with Crippen molar-refractivity contribution in [1.82, 2.24) is 10.3 Å². The van der Waals surface area contributed by atoms with Crippen molar-refractivity contribution in [3.63, 3.8) is 0 Å². The van der Waals surface area contributed by atoms with Gasteiger partial charge in [0.2, 0.25) is 0 Å². The molecule has 2 aromatic carbocycles. The predicted octanol–water partition coefficient (Wildman–Crippen LogP) is 4.25. The summed E-state index contributed by atoms with van der Waals surface area (Å²) in [6.07, 6.45) is 1.97. The van der Waals surface area contributed by atoms with Gasteiger partial charge in [0, 0.05) is 24.1 Å². The van der Waals surface area contributed by atoms with Crippen molar-refractivity contribution in [3.8, 4) is 5.75 Å². The fraction of sp³-hybridized carbons (Fsp3) is 0.333. The molecule has 0 saturated carbocycles. The minimum Gasteiger partial charge on any atom is -0.497 e. The Kier molecular flexibility index (Phi) is 5.52. The van der Waals surface area contributed by atoms with Gasteiger partial charge >= 0.3 is 0 Å². The molecule has 0 spiro atoms. The second-order valence-electron chi connectivity index (χ2n) is 6.95. The number of nitrogens with zero attached hydrogens (tertiary/aromatic N) is 2. The minimum absolute atomic E-state index is 0.0906. The summed E-state index contributed by atoms with van der Waals surface area (Å²) < 4.78 is 11.8. The highest BCUT2D eigenvalue weighted by Gasteiger charge is 2.23. The van der Waals surface area contributed by atoms with Gasteiger partial charge in [0.05, 0.1) is 12.7 Å². The number of benzene rings is 2. The maximum absolute atomic E-state index is 12.5. The number of fused-ring (bicyclic) bond motifs is 1. The van der Waals surface area contributed by atoms with E-state index in [9.17, 15) is 4.79 Å². The van der Waals surface area contributed by atoms with Gasteiger partial charge in [-0.1, -0.05) is 12.1 Å². The van der Waals surface area contributed by atoms with Gasteiger partial charge < -0.3 is 19.4 Å². The maximum Gasteiger partial charge on any atom is 0.298 e. The SMILES string of the molecule is COc1ccc(Br)c(C(=O)NCC2CCN(c3nc4ccccc4o3)CC2)c1. The average molecular weight is 444 g/mol. The van der Waals surface area contributed by atoms with Crippen LogP contribution in [0.4, 0.5) is 6.01 Å². The first-order valence-electron chi connectivity index (χ1n) is 9.36. The average Bonchev–Trinajstić information content (AvgIpc) is 3.17. The van der Waals surface area contributed by atoms with E-state index in [2.05, 4.69) is 31.1 Å². The number of ether oxygens (including phenoxy) is 1. The molecule has 6 nitrogen and oxygen atoms in total. The van der Waals surface area contributed by atoms with E-state index in [-0.39, 0.29) is 5.91 Å². The molecule has 1 aliphatic rings. The molecule has 0 atom stereocenters. The Bertz CT molecular complexity index is 947. The lowest BCUT2D eigenvalue weighted by atomic mass is 9.97. The van der Waals surface area contributed by atoms with Crippen LogP contribution in [0.15, 0.2) is 51.4 Å². The third-order valence-corrected chi connectivity index (χ3v) is 5.83. The molecule has 0 bridgehead atoms. The molecular weight excluding hydrogens is 422 g/mol. The molecule has 0 radical (unpaired) electrons. The van der Waals surface area contributed by atoms with Crippen LogP contribution in [0.3, 0.4) is 0 Å². The number of piperidine rings is 1. The van der Waals surface area contributed by atoms with Crippen LogP contribution >= 0.6 is 15.9 Å². The number of para-hydroxylation sites is 2. The van der Waals surface area contributed by atoms with Gasteiger partial charge in [-0.15, -0.1) is 0 Å². The number of rotatable bonds is 5. The molecule has 0 unspecified atom stereocenters. The summed E-state index contributed by atoms with van der Waals surface area (Å²) in [6.45, 7) is 2.40. The summed E-state index contributed by atoms with van der Waals surface area (Å²) >= 11 is 3.43. The van der Waals surface area contributed by atoms with Crippen LogP contribution in [0.5, 0.6) is 5.75 Å². The highest BCUT2D eigenvalue weighted by Crippen LogP contribution is 2.26. The molecule has 0 aliphatic carbocycles. The van der Waals surface area contributed by atoms with Crippen molar-refractivity contribution in [2.45, 2.75) is 12.8 Å².